The van der Waals surface area contributed by atoms with Crippen LogP contribution in [0, 0.1) is 24.7 Å². The molecule has 214 valence electrons. The molecule has 2 aromatic rings. The molecule has 1 aliphatic heterocycles. The van der Waals surface area contributed by atoms with E-state index in [4.69, 9.17) is 5.73 Å². The van der Waals surface area contributed by atoms with E-state index < -0.39 is 6.04 Å². The first-order chi connectivity index (χ1) is 19.4. The number of hydrogen-bond acceptors (Lipinski definition) is 4. The van der Waals surface area contributed by atoms with E-state index in [1.807, 2.05) is 54.3 Å². The van der Waals surface area contributed by atoms with E-state index in [-0.39, 0.29) is 29.7 Å². The number of nitrogens with two attached hydrogens (primary N) is 1. The molecule has 2 aromatic carbocycles. The molecule has 0 aromatic heterocycles. The van der Waals surface area contributed by atoms with E-state index in [1.165, 1.54) is 5.56 Å². The van der Waals surface area contributed by atoms with Crippen molar-refractivity contribution in [2.45, 2.75) is 70.4 Å². The summed E-state index contributed by atoms with van der Waals surface area (Å²) in [5.41, 5.74) is 8.76. The molecule has 40 heavy (non-hydrogen) atoms. The topological polar surface area (TPSA) is 95.7 Å². The average Bonchev–Trinajstić information content (AvgIpc) is 3.75. The van der Waals surface area contributed by atoms with Gasteiger partial charge in [-0.15, -0.1) is 0 Å². The maximum absolute atomic E-state index is 13.8. The highest BCUT2D eigenvalue weighted by molar-refractivity contribution is 5.98. The van der Waals surface area contributed by atoms with Crippen LogP contribution < -0.4 is 11.1 Å². The second-order valence-electron chi connectivity index (χ2n) is 12.1. The second kappa shape index (κ2) is 13.0. The van der Waals surface area contributed by atoms with Crippen LogP contribution in [0.15, 0.2) is 54.6 Å². The number of hydrogen-bond donors (Lipinski definition) is 2. The fourth-order valence-corrected chi connectivity index (χ4v) is 6.47. The van der Waals surface area contributed by atoms with E-state index >= 15 is 0 Å². The van der Waals surface area contributed by atoms with Gasteiger partial charge in [-0.1, -0.05) is 54.4 Å². The molecule has 0 bridgehead atoms. The van der Waals surface area contributed by atoms with E-state index in [9.17, 15) is 14.4 Å². The maximum atomic E-state index is 13.8. The van der Waals surface area contributed by atoms with Crippen LogP contribution in [0.4, 0.5) is 0 Å². The van der Waals surface area contributed by atoms with Crippen molar-refractivity contribution in [1.82, 2.24) is 15.1 Å². The van der Waals surface area contributed by atoms with Crippen molar-refractivity contribution in [3.8, 4) is 0 Å². The van der Waals surface area contributed by atoms with Crippen LogP contribution in [0.1, 0.15) is 66.4 Å². The molecule has 7 nitrogen and oxygen atoms in total. The summed E-state index contributed by atoms with van der Waals surface area (Å²) in [4.78, 5) is 44.6. The van der Waals surface area contributed by atoms with Gasteiger partial charge in [-0.05, 0) is 87.9 Å². The molecule has 3 N–H and O–H groups in total. The lowest BCUT2D eigenvalue weighted by Crippen LogP contribution is -2.47. The Kier molecular flexibility index (Phi) is 9.20. The van der Waals surface area contributed by atoms with Crippen molar-refractivity contribution < 1.29 is 14.4 Å². The van der Waals surface area contributed by atoms with Gasteiger partial charge in [-0.2, -0.15) is 0 Å². The summed E-state index contributed by atoms with van der Waals surface area (Å²) in [6.07, 6.45) is 7.51. The zero-order valence-electron chi connectivity index (χ0n) is 23.8. The van der Waals surface area contributed by atoms with Crippen LogP contribution in [0.25, 0.3) is 0 Å². The number of nitrogens with zero attached hydrogens (tertiary/aromatic N) is 2. The minimum absolute atomic E-state index is 0.0756. The molecule has 7 heteroatoms. The van der Waals surface area contributed by atoms with Gasteiger partial charge in [0.15, 0.2) is 0 Å². The third-order valence-electron chi connectivity index (χ3n) is 9.07. The van der Waals surface area contributed by atoms with Gasteiger partial charge in [0.1, 0.15) is 6.04 Å². The molecular formula is C33H44N4O3. The number of amides is 3. The van der Waals surface area contributed by atoms with Gasteiger partial charge in [0.05, 0.1) is 6.04 Å². The van der Waals surface area contributed by atoms with Gasteiger partial charge < -0.3 is 20.9 Å². The van der Waals surface area contributed by atoms with E-state index in [0.29, 0.717) is 50.0 Å². The number of likely N-dealkylation sites (tertiary alicyclic amines) is 1. The zero-order chi connectivity index (χ0) is 28.1. The smallest absolute Gasteiger partial charge is 0.254 e. The summed E-state index contributed by atoms with van der Waals surface area (Å²) in [6.45, 7) is 4.26. The van der Waals surface area contributed by atoms with Crippen molar-refractivity contribution >= 4 is 17.7 Å². The van der Waals surface area contributed by atoms with Crippen LogP contribution in [0.5, 0.6) is 0 Å². The van der Waals surface area contributed by atoms with Crippen molar-refractivity contribution in [2.24, 2.45) is 23.5 Å². The van der Waals surface area contributed by atoms with Crippen molar-refractivity contribution in [3.05, 3.63) is 71.3 Å². The summed E-state index contributed by atoms with van der Waals surface area (Å²) in [5, 5.41) is 3.19. The van der Waals surface area contributed by atoms with Gasteiger partial charge in [0.25, 0.3) is 5.91 Å². The van der Waals surface area contributed by atoms with Gasteiger partial charge in [-0.25, -0.2) is 0 Å². The number of nitrogens with one attached hydrogen (secondary N) is 1. The molecule has 0 radical (unpaired) electrons. The van der Waals surface area contributed by atoms with Gasteiger partial charge in [0.2, 0.25) is 11.8 Å². The third-order valence-corrected chi connectivity index (χ3v) is 9.07. The molecule has 3 aliphatic rings. The molecule has 2 aliphatic carbocycles. The van der Waals surface area contributed by atoms with Crippen LogP contribution in [-0.4, -0.2) is 65.8 Å². The molecule has 2 saturated carbocycles. The Morgan fingerprint density at radius 2 is 1.68 bits per heavy atom. The van der Waals surface area contributed by atoms with Crippen molar-refractivity contribution in [2.75, 3.05) is 26.2 Å². The summed E-state index contributed by atoms with van der Waals surface area (Å²) in [6, 6.07) is 16.9. The minimum atomic E-state index is -0.598. The van der Waals surface area contributed by atoms with Crippen LogP contribution in [0.3, 0.4) is 0 Å². The largest absolute Gasteiger partial charge is 0.354 e. The Hall–Kier alpha value is -3.19. The van der Waals surface area contributed by atoms with Crippen LogP contribution in [0.2, 0.25) is 0 Å². The molecule has 3 fully saturated rings. The second-order valence-corrected chi connectivity index (χ2v) is 12.1. The number of rotatable bonds is 10. The van der Waals surface area contributed by atoms with E-state index in [0.717, 1.165) is 50.5 Å². The molecular weight excluding hydrogens is 500 g/mol. The first kappa shape index (κ1) is 28.3. The Morgan fingerprint density at radius 1 is 0.950 bits per heavy atom. The van der Waals surface area contributed by atoms with Crippen molar-refractivity contribution in [3.63, 3.8) is 0 Å². The molecule has 3 amide bonds. The molecule has 0 spiro atoms. The molecule has 1 heterocycles. The summed E-state index contributed by atoms with van der Waals surface area (Å²) in [5.74, 6) is 0.929. The first-order valence-electron chi connectivity index (χ1n) is 15.1. The van der Waals surface area contributed by atoms with E-state index in [1.54, 1.807) is 4.90 Å². The zero-order valence-corrected chi connectivity index (χ0v) is 23.8. The average molecular weight is 545 g/mol. The standard InChI is InChI=1S/C33H44N4O3/c1-23-10-12-27(13-11-23)33(40)37-22-29(19-30(37)31(38)35-21-26-9-5-8-25(18-26)20-34)36(32(39)28-14-15-28)17-16-24-6-3-2-4-7-24/h2-4,6-7,10-13,25-26,28-30H,5,8-9,14-22,34H2,1H3,(H,35,38). The monoisotopic (exact) mass is 544 g/mol. The Morgan fingerprint density at radius 3 is 2.38 bits per heavy atom. The number of benzene rings is 2. The Labute approximate surface area is 238 Å². The lowest BCUT2D eigenvalue weighted by atomic mass is 9.81. The quantitative estimate of drug-likeness (QED) is 0.474. The first-order valence-corrected chi connectivity index (χ1v) is 15.1. The molecule has 4 unspecified atom stereocenters. The predicted molar refractivity (Wildman–Crippen MR) is 157 cm³/mol. The molecule has 1 saturated heterocycles. The fraction of sp³-hybridized carbons (Fsp3) is 0.545. The Bertz CT molecular complexity index is 1160. The number of carbonyl (C=O) groups is 3. The highest BCUT2D eigenvalue weighted by Crippen LogP contribution is 2.34. The maximum Gasteiger partial charge on any atom is 0.254 e. The summed E-state index contributed by atoms with van der Waals surface area (Å²) in [7, 11) is 0. The highest BCUT2D eigenvalue weighted by atomic mass is 16.2. The number of aryl methyl sites for hydroxylation is 1. The molecule has 4 atom stereocenters. The third kappa shape index (κ3) is 6.92. The Balaban J connectivity index is 1.33. The summed E-state index contributed by atoms with van der Waals surface area (Å²) >= 11 is 0. The molecule has 5 rings (SSSR count). The lowest BCUT2D eigenvalue weighted by Gasteiger charge is -2.29. The summed E-state index contributed by atoms with van der Waals surface area (Å²) < 4.78 is 0. The van der Waals surface area contributed by atoms with Crippen LogP contribution >= 0.6 is 0 Å². The van der Waals surface area contributed by atoms with Gasteiger partial charge in [-0.3, -0.25) is 14.4 Å². The highest BCUT2D eigenvalue weighted by Gasteiger charge is 2.45. The lowest BCUT2D eigenvalue weighted by molar-refractivity contribution is -0.135. The van der Waals surface area contributed by atoms with Crippen LogP contribution in [-0.2, 0) is 16.0 Å². The van der Waals surface area contributed by atoms with E-state index in [2.05, 4.69) is 17.4 Å². The number of carbonyl (C=O) groups excluding carboxylic acids is 3. The minimum Gasteiger partial charge on any atom is -0.354 e. The van der Waals surface area contributed by atoms with Gasteiger partial charge >= 0.3 is 0 Å². The van der Waals surface area contributed by atoms with Crippen molar-refractivity contribution in [1.29, 1.82) is 0 Å². The predicted octanol–water partition coefficient (Wildman–Crippen LogP) is 3.94. The fourth-order valence-electron chi connectivity index (χ4n) is 6.47. The normalized spacial score (nSPS) is 24.5. The van der Waals surface area contributed by atoms with Gasteiger partial charge in [0, 0.05) is 31.1 Å². The SMILES string of the molecule is Cc1ccc(C(=O)N2CC(N(CCc3ccccc3)C(=O)C3CC3)CC2C(=O)NCC2CCCC(CN)C2)cc1.